The molecule has 1 fully saturated rings. The summed E-state index contributed by atoms with van der Waals surface area (Å²) < 4.78 is 3.10. The van der Waals surface area contributed by atoms with Crippen LogP contribution in [0.1, 0.15) is 25.0 Å². The molecule has 4 nitrogen and oxygen atoms in total. The number of benzene rings is 2. The molecule has 0 spiro atoms. The lowest BCUT2D eigenvalue weighted by atomic mass is 10.1. The highest BCUT2D eigenvalue weighted by molar-refractivity contribution is 14.1. The maximum absolute atomic E-state index is 12.1. The second-order valence-electron chi connectivity index (χ2n) is 6.56. The Bertz CT molecular complexity index is 902. The van der Waals surface area contributed by atoms with E-state index in [0.29, 0.717) is 18.9 Å². The van der Waals surface area contributed by atoms with Gasteiger partial charge in [-0.05, 0) is 47.6 Å². The van der Waals surface area contributed by atoms with Crippen molar-refractivity contribution >= 4 is 28.5 Å². The molecule has 1 saturated carbocycles. The summed E-state index contributed by atoms with van der Waals surface area (Å²) >= 11 is 2.36. The summed E-state index contributed by atoms with van der Waals surface area (Å²) in [5, 5.41) is 7.90. The second-order valence-corrected chi connectivity index (χ2v) is 7.64. The van der Waals surface area contributed by atoms with E-state index in [1.165, 1.54) is 0 Å². The fourth-order valence-corrected chi connectivity index (χ4v) is 3.88. The summed E-state index contributed by atoms with van der Waals surface area (Å²) in [5.41, 5.74) is 4.20. The van der Waals surface area contributed by atoms with Gasteiger partial charge in [-0.3, -0.25) is 4.79 Å². The van der Waals surface area contributed by atoms with Gasteiger partial charge in [0.25, 0.3) is 0 Å². The van der Waals surface area contributed by atoms with Crippen LogP contribution < -0.4 is 5.32 Å². The van der Waals surface area contributed by atoms with Crippen molar-refractivity contribution in [3.05, 3.63) is 69.9 Å². The number of carbonyl (C=O) groups excluding carboxylic acids is 1. The fraction of sp³-hybridized carbons (Fsp3) is 0.238. The van der Waals surface area contributed by atoms with Crippen molar-refractivity contribution in [2.75, 3.05) is 0 Å². The Balaban J connectivity index is 1.67. The molecular formula is C21H20IN3O. The fourth-order valence-electron chi connectivity index (χ4n) is 2.96. The second kappa shape index (κ2) is 7.61. The Morgan fingerprint density at radius 2 is 1.73 bits per heavy atom. The SMILES string of the molecule is O=C(CCc1nn(-c2ccccc2)c(-c2ccccc2)c1I)NC1CC1. The first-order chi connectivity index (χ1) is 12.7. The Hall–Kier alpha value is -2.15. The molecule has 3 aromatic rings. The summed E-state index contributed by atoms with van der Waals surface area (Å²) in [6, 6.07) is 20.8. The standard InChI is InChI=1S/C21H20IN3O/c22-20-18(13-14-19(26)23-16-11-12-16)24-25(17-9-5-2-6-10-17)21(20)15-7-3-1-4-8-15/h1-10,16H,11-14H2,(H,23,26). The zero-order chi connectivity index (χ0) is 17.9. The molecule has 26 heavy (non-hydrogen) atoms. The van der Waals surface area contributed by atoms with Crippen molar-refractivity contribution in [2.45, 2.75) is 31.7 Å². The van der Waals surface area contributed by atoms with Crippen LogP contribution in [-0.4, -0.2) is 21.7 Å². The van der Waals surface area contributed by atoms with E-state index < -0.39 is 0 Å². The number of aromatic nitrogens is 2. The zero-order valence-electron chi connectivity index (χ0n) is 14.4. The van der Waals surface area contributed by atoms with Crippen molar-refractivity contribution in [1.82, 2.24) is 15.1 Å². The Morgan fingerprint density at radius 1 is 1.08 bits per heavy atom. The third-order valence-corrected chi connectivity index (χ3v) is 5.61. The lowest BCUT2D eigenvalue weighted by Gasteiger charge is -2.08. The number of para-hydroxylation sites is 1. The Morgan fingerprint density at radius 3 is 2.38 bits per heavy atom. The predicted octanol–water partition coefficient (Wildman–Crippen LogP) is 4.36. The van der Waals surface area contributed by atoms with E-state index in [4.69, 9.17) is 5.10 Å². The van der Waals surface area contributed by atoms with E-state index in [1.807, 2.05) is 41.1 Å². The lowest BCUT2D eigenvalue weighted by Crippen LogP contribution is -2.25. The van der Waals surface area contributed by atoms with Gasteiger partial charge in [-0.1, -0.05) is 48.5 Å². The molecule has 0 aliphatic heterocycles. The number of rotatable bonds is 6. The summed E-state index contributed by atoms with van der Waals surface area (Å²) in [6.45, 7) is 0. The molecule has 1 heterocycles. The summed E-state index contributed by atoms with van der Waals surface area (Å²) in [5.74, 6) is 0.124. The zero-order valence-corrected chi connectivity index (χ0v) is 16.5. The highest BCUT2D eigenvalue weighted by atomic mass is 127. The number of nitrogens with zero attached hydrogens (tertiary/aromatic N) is 2. The van der Waals surface area contributed by atoms with Crippen LogP contribution >= 0.6 is 22.6 Å². The highest BCUT2D eigenvalue weighted by Gasteiger charge is 2.24. The van der Waals surface area contributed by atoms with Crippen LogP contribution in [-0.2, 0) is 11.2 Å². The van der Waals surface area contributed by atoms with Crippen LogP contribution in [0.2, 0.25) is 0 Å². The van der Waals surface area contributed by atoms with Gasteiger partial charge in [0.2, 0.25) is 5.91 Å². The third-order valence-electron chi connectivity index (χ3n) is 4.47. The highest BCUT2D eigenvalue weighted by Crippen LogP contribution is 2.31. The third kappa shape index (κ3) is 3.82. The molecule has 1 aliphatic rings. The number of aryl methyl sites for hydroxylation is 1. The van der Waals surface area contributed by atoms with Crippen LogP contribution in [0.15, 0.2) is 60.7 Å². The first-order valence-corrected chi connectivity index (χ1v) is 9.98. The minimum Gasteiger partial charge on any atom is -0.353 e. The molecule has 1 N–H and O–H groups in total. The summed E-state index contributed by atoms with van der Waals surface area (Å²) in [7, 11) is 0. The molecule has 1 amide bonds. The number of carbonyl (C=O) groups is 1. The number of hydrogen-bond donors (Lipinski definition) is 1. The molecule has 1 aliphatic carbocycles. The Kier molecular flexibility index (Phi) is 5.06. The van der Waals surface area contributed by atoms with Crippen LogP contribution in [0.25, 0.3) is 16.9 Å². The van der Waals surface area contributed by atoms with E-state index in [0.717, 1.165) is 39.1 Å². The van der Waals surface area contributed by atoms with Crippen molar-refractivity contribution < 1.29 is 4.79 Å². The quantitative estimate of drug-likeness (QED) is 0.560. The van der Waals surface area contributed by atoms with Gasteiger partial charge in [0, 0.05) is 24.4 Å². The Labute approximate surface area is 166 Å². The molecule has 0 bridgehead atoms. The van der Waals surface area contributed by atoms with E-state index in [-0.39, 0.29) is 5.91 Å². The van der Waals surface area contributed by atoms with Crippen LogP contribution in [0.4, 0.5) is 0 Å². The number of halogens is 1. The molecule has 4 rings (SSSR count). The van der Waals surface area contributed by atoms with Crippen molar-refractivity contribution in [1.29, 1.82) is 0 Å². The smallest absolute Gasteiger partial charge is 0.220 e. The monoisotopic (exact) mass is 457 g/mol. The van der Waals surface area contributed by atoms with Gasteiger partial charge in [0.15, 0.2) is 0 Å². The van der Waals surface area contributed by atoms with E-state index in [2.05, 4.69) is 52.2 Å². The first-order valence-electron chi connectivity index (χ1n) is 8.90. The lowest BCUT2D eigenvalue weighted by molar-refractivity contribution is -0.121. The van der Waals surface area contributed by atoms with E-state index in [9.17, 15) is 4.79 Å². The molecule has 0 unspecified atom stereocenters. The number of nitrogens with one attached hydrogen (secondary N) is 1. The molecular weight excluding hydrogens is 437 g/mol. The topological polar surface area (TPSA) is 46.9 Å². The van der Waals surface area contributed by atoms with Crippen molar-refractivity contribution in [2.24, 2.45) is 0 Å². The molecule has 5 heteroatoms. The van der Waals surface area contributed by atoms with Crippen molar-refractivity contribution in [3.63, 3.8) is 0 Å². The first kappa shape index (κ1) is 17.3. The van der Waals surface area contributed by atoms with Gasteiger partial charge >= 0.3 is 0 Å². The average molecular weight is 457 g/mol. The molecule has 0 radical (unpaired) electrons. The number of hydrogen-bond acceptors (Lipinski definition) is 2. The van der Waals surface area contributed by atoms with E-state index in [1.54, 1.807) is 0 Å². The van der Waals surface area contributed by atoms with Crippen molar-refractivity contribution in [3.8, 4) is 16.9 Å². The van der Waals surface area contributed by atoms with E-state index >= 15 is 0 Å². The molecule has 2 aromatic carbocycles. The van der Waals surface area contributed by atoms with Crippen LogP contribution in [0.3, 0.4) is 0 Å². The maximum Gasteiger partial charge on any atom is 0.220 e. The maximum atomic E-state index is 12.1. The van der Waals surface area contributed by atoms with Gasteiger partial charge in [0.05, 0.1) is 20.6 Å². The largest absolute Gasteiger partial charge is 0.353 e. The number of amides is 1. The minimum atomic E-state index is 0.124. The van der Waals surface area contributed by atoms with Gasteiger partial charge in [-0.2, -0.15) is 5.10 Å². The predicted molar refractivity (Wildman–Crippen MR) is 111 cm³/mol. The van der Waals surface area contributed by atoms with Crippen LogP contribution in [0.5, 0.6) is 0 Å². The van der Waals surface area contributed by atoms with Gasteiger partial charge in [-0.15, -0.1) is 0 Å². The summed E-state index contributed by atoms with van der Waals surface area (Å²) in [4.78, 5) is 12.1. The molecule has 0 saturated heterocycles. The normalized spacial score (nSPS) is 13.6. The van der Waals surface area contributed by atoms with Gasteiger partial charge in [0.1, 0.15) is 0 Å². The molecule has 132 valence electrons. The average Bonchev–Trinajstić information content (AvgIpc) is 3.43. The minimum absolute atomic E-state index is 0.124. The molecule has 0 atom stereocenters. The van der Waals surface area contributed by atoms with Gasteiger partial charge < -0.3 is 5.32 Å². The molecule has 1 aromatic heterocycles. The van der Waals surface area contributed by atoms with Crippen LogP contribution in [0, 0.1) is 3.57 Å². The summed E-state index contributed by atoms with van der Waals surface area (Å²) in [6.07, 6.45) is 3.36. The van der Waals surface area contributed by atoms with Gasteiger partial charge in [-0.25, -0.2) is 4.68 Å².